The lowest BCUT2D eigenvalue weighted by Gasteiger charge is -2.25. The van der Waals surface area contributed by atoms with Gasteiger partial charge in [0.1, 0.15) is 0 Å². The minimum atomic E-state index is 0.00694. The van der Waals surface area contributed by atoms with Crippen LogP contribution < -0.4 is 0 Å². The molecular weight excluding hydrogens is 168 g/mol. The number of hydrogen-bond donors (Lipinski definition) is 0. The number of ether oxygens (including phenoxy) is 2. The van der Waals surface area contributed by atoms with Crippen molar-refractivity contribution in [3.8, 4) is 0 Å². The molecular formula is C9H22O2Si. The molecule has 0 saturated carbocycles. The molecule has 0 aliphatic carbocycles. The first-order valence-corrected chi connectivity index (χ1v) is 5.72. The zero-order valence-corrected chi connectivity index (χ0v) is 11.0. The predicted octanol–water partition coefficient (Wildman–Crippen LogP) is 1.34. The predicted molar refractivity (Wildman–Crippen MR) is 55.6 cm³/mol. The van der Waals surface area contributed by atoms with Crippen LogP contribution >= 0.6 is 0 Å². The minimum Gasteiger partial charge on any atom is -0.353 e. The van der Waals surface area contributed by atoms with Crippen LogP contribution in [0, 0.1) is 0 Å². The highest BCUT2D eigenvalue weighted by Crippen LogP contribution is 2.26. The van der Waals surface area contributed by atoms with Crippen LogP contribution in [0.4, 0.5) is 0 Å². The van der Waals surface area contributed by atoms with Gasteiger partial charge in [-0.15, -0.1) is 0 Å². The van der Waals surface area contributed by atoms with Gasteiger partial charge in [0.15, 0.2) is 6.29 Å². The van der Waals surface area contributed by atoms with Crippen LogP contribution in [-0.4, -0.2) is 29.7 Å². The molecule has 12 heavy (non-hydrogen) atoms. The summed E-state index contributed by atoms with van der Waals surface area (Å²) in [6.45, 7) is 10.00. The Morgan fingerprint density at radius 2 is 1.58 bits per heavy atom. The third-order valence-electron chi connectivity index (χ3n) is 1.48. The van der Waals surface area contributed by atoms with Crippen molar-refractivity contribution in [3.63, 3.8) is 0 Å². The van der Waals surface area contributed by atoms with E-state index in [0.717, 1.165) is 19.6 Å². The molecule has 0 aromatic carbocycles. The quantitative estimate of drug-likeness (QED) is 0.465. The van der Waals surface area contributed by atoms with Gasteiger partial charge in [0.05, 0.1) is 0 Å². The molecule has 0 aromatic rings. The van der Waals surface area contributed by atoms with Gasteiger partial charge in [-0.25, -0.2) is 0 Å². The summed E-state index contributed by atoms with van der Waals surface area (Å²) >= 11 is 0. The van der Waals surface area contributed by atoms with Crippen molar-refractivity contribution in [2.75, 3.05) is 13.2 Å². The van der Waals surface area contributed by atoms with E-state index < -0.39 is 0 Å². The van der Waals surface area contributed by atoms with Crippen LogP contribution in [0.2, 0.25) is 5.04 Å². The zero-order valence-electron chi connectivity index (χ0n) is 9.02. The third-order valence-corrected chi connectivity index (χ3v) is 1.89. The lowest BCUT2D eigenvalue weighted by molar-refractivity contribution is -0.143. The Balaban J connectivity index is 3.77. The lowest BCUT2D eigenvalue weighted by atomic mass is 10.1. The summed E-state index contributed by atoms with van der Waals surface area (Å²) in [4.78, 5) is 0. The van der Waals surface area contributed by atoms with Gasteiger partial charge < -0.3 is 9.47 Å². The highest BCUT2D eigenvalue weighted by atomic mass is 28.1. The van der Waals surface area contributed by atoms with Gasteiger partial charge >= 0.3 is 0 Å². The Kier molecular flexibility index (Phi) is 5.79. The fourth-order valence-electron chi connectivity index (χ4n) is 1.04. The number of rotatable bonds is 6. The second-order valence-electron chi connectivity index (χ2n) is 4.11. The molecule has 74 valence electrons. The van der Waals surface area contributed by atoms with Crippen molar-refractivity contribution in [2.24, 2.45) is 0 Å². The summed E-state index contributed by atoms with van der Waals surface area (Å²) in [6, 6.07) is 0. The average molecular weight is 190 g/mol. The molecule has 0 N–H and O–H groups in total. The molecule has 0 saturated heterocycles. The van der Waals surface area contributed by atoms with E-state index in [2.05, 4.69) is 13.8 Å². The molecule has 0 fully saturated rings. The SMILES string of the molecule is CCOC(CC(C)(C)[SiH3])OCC. The summed E-state index contributed by atoms with van der Waals surface area (Å²) in [5.41, 5.74) is 0. The van der Waals surface area contributed by atoms with Crippen LogP contribution in [0.25, 0.3) is 0 Å². The summed E-state index contributed by atoms with van der Waals surface area (Å²) in [7, 11) is 1.18. The van der Waals surface area contributed by atoms with Gasteiger partial charge in [-0.3, -0.25) is 0 Å². The molecule has 0 atom stereocenters. The Bertz CT molecular complexity index is 104. The second kappa shape index (κ2) is 5.73. The Hall–Kier alpha value is 0.137. The topological polar surface area (TPSA) is 18.5 Å². The highest BCUT2D eigenvalue weighted by molar-refractivity contribution is 6.14. The molecule has 0 bridgehead atoms. The molecule has 3 heteroatoms. The van der Waals surface area contributed by atoms with E-state index in [4.69, 9.17) is 9.47 Å². The summed E-state index contributed by atoms with van der Waals surface area (Å²) in [6.07, 6.45) is 1.02. The van der Waals surface area contributed by atoms with E-state index in [-0.39, 0.29) is 6.29 Å². The van der Waals surface area contributed by atoms with Gasteiger partial charge in [-0.2, -0.15) is 0 Å². The lowest BCUT2D eigenvalue weighted by Crippen LogP contribution is -2.22. The van der Waals surface area contributed by atoms with Crippen LogP contribution in [0.1, 0.15) is 34.1 Å². The fraction of sp³-hybridized carbons (Fsp3) is 1.00. The standard InChI is InChI=1S/C9H22O2Si/c1-5-10-8(11-6-2)7-9(3,4)12/h8H,5-7H2,1-4,12H3. The maximum Gasteiger partial charge on any atom is 0.157 e. The van der Waals surface area contributed by atoms with Crippen molar-refractivity contribution in [1.82, 2.24) is 0 Å². The van der Waals surface area contributed by atoms with Crippen molar-refractivity contribution >= 4 is 10.2 Å². The second-order valence-corrected chi connectivity index (χ2v) is 6.81. The largest absolute Gasteiger partial charge is 0.353 e. The zero-order chi connectivity index (χ0) is 9.61. The van der Waals surface area contributed by atoms with Crippen LogP contribution in [0.15, 0.2) is 0 Å². The van der Waals surface area contributed by atoms with Gasteiger partial charge in [-0.1, -0.05) is 13.8 Å². The summed E-state index contributed by atoms with van der Waals surface area (Å²) < 4.78 is 10.9. The van der Waals surface area contributed by atoms with E-state index >= 15 is 0 Å². The highest BCUT2D eigenvalue weighted by Gasteiger charge is 2.18. The maximum atomic E-state index is 5.46. The molecule has 2 nitrogen and oxygen atoms in total. The van der Waals surface area contributed by atoms with Crippen molar-refractivity contribution in [3.05, 3.63) is 0 Å². The van der Waals surface area contributed by atoms with E-state index in [9.17, 15) is 0 Å². The molecule has 0 rings (SSSR count). The summed E-state index contributed by atoms with van der Waals surface area (Å²) in [5, 5.41) is 0.412. The smallest absolute Gasteiger partial charge is 0.157 e. The molecule has 0 aliphatic heterocycles. The molecule has 0 amide bonds. The molecule has 0 spiro atoms. The van der Waals surface area contributed by atoms with Crippen molar-refractivity contribution in [1.29, 1.82) is 0 Å². The first kappa shape index (κ1) is 12.1. The fourth-order valence-corrected chi connectivity index (χ4v) is 1.37. The van der Waals surface area contributed by atoms with Gasteiger partial charge in [0, 0.05) is 29.9 Å². The van der Waals surface area contributed by atoms with E-state index in [0.29, 0.717) is 5.04 Å². The van der Waals surface area contributed by atoms with Crippen LogP contribution in [-0.2, 0) is 9.47 Å². The first-order valence-electron chi connectivity index (χ1n) is 4.72. The van der Waals surface area contributed by atoms with Crippen LogP contribution in [0.5, 0.6) is 0 Å². The van der Waals surface area contributed by atoms with Gasteiger partial charge in [0.2, 0.25) is 0 Å². The molecule has 0 aliphatic rings. The Morgan fingerprint density at radius 3 is 1.83 bits per heavy atom. The van der Waals surface area contributed by atoms with Gasteiger partial charge in [0.25, 0.3) is 0 Å². The van der Waals surface area contributed by atoms with E-state index in [1.165, 1.54) is 10.2 Å². The van der Waals surface area contributed by atoms with Crippen LogP contribution in [0.3, 0.4) is 0 Å². The Labute approximate surface area is 79.1 Å². The van der Waals surface area contributed by atoms with E-state index in [1.807, 2.05) is 13.8 Å². The molecule has 0 heterocycles. The monoisotopic (exact) mass is 190 g/mol. The number of hydrogen-bond acceptors (Lipinski definition) is 2. The average Bonchev–Trinajstić information content (AvgIpc) is 1.84. The third kappa shape index (κ3) is 6.82. The molecule has 0 unspecified atom stereocenters. The Morgan fingerprint density at radius 1 is 1.17 bits per heavy atom. The van der Waals surface area contributed by atoms with Gasteiger partial charge in [-0.05, 0) is 18.9 Å². The van der Waals surface area contributed by atoms with Crippen molar-refractivity contribution in [2.45, 2.75) is 45.4 Å². The minimum absolute atomic E-state index is 0.00694. The normalized spacial score (nSPS) is 12.8. The summed E-state index contributed by atoms with van der Waals surface area (Å²) in [5.74, 6) is 0. The molecule has 0 radical (unpaired) electrons. The van der Waals surface area contributed by atoms with E-state index in [1.54, 1.807) is 0 Å². The molecule has 0 aromatic heterocycles. The first-order chi connectivity index (χ1) is 5.49. The van der Waals surface area contributed by atoms with Crippen molar-refractivity contribution < 1.29 is 9.47 Å². The maximum absolute atomic E-state index is 5.46.